The van der Waals surface area contributed by atoms with Crippen LogP contribution in [0.1, 0.15) is 5.56 Å². The van der Waals surface area contributed by atoms with Crippen molar-refractivity contribution in [2.24, 2.45) is 0 Å². The molecule has 0 bridgehead atoms. The highest BCUT2D eigenvalue weighted by atomic mass is 79.9. The first kappa shape index (κ1) is 24.6. The summed E-state index contributed by atoms with van der Waals surface area (Å²) in [6, 6.07) is 13.1. The molecule has 4 heterocycles. The monoisotopic (exact) mass is 599 g/mol. The number of H-pyrrole nitrogens is 2. The average molecular weight is 600 g/mol. The van der Waals surface area contributed by atoms with E-state index in [-0.39, 0.29) is 49.8 Å². The fourth-order valence-corrected chi connectivity index (χ4v) is 4.66. The normalized spacial score (nSPS) is 11.9. The van der Waals surface area contributed by atoms with Crippen LogP contribution >= 0.6 is 15.9 Å². The molecule has 0 amide bonds. The Labute approximate surface area is 222 Å². The zero-order chi connectivity index (χ0) is 27.5. The van der Waals surface area contributed by atoms with Crippen molar-refractivity contribution in [1.29, 1.82) is 0 Å². The Kier molecular flexibility index (Phi) is 5.64. The van der Waals surface area contributed by atoms with Crippen LogP contribution in [0.15, 0.2) is 81.1 Å². The average Bonchev–Trinajstić information content (AvgIpc) is 3.45. The van der Waals surface area contributed by atoms with E-state index in [2.05, 4.69) is 41.2 Å². The second kappa shape index (κ2) is 8.94. The number of benzene rings is 2. The minimum absolute atomic E-state index is 0.00390. The van der Waals surface area contributed by atoms with Crippen LogP contribution in [0.5, 0.6) is 0 Å². The van der Waals surface area contributed by atoms with Gasteiger partial charge in [0, 0.05) is 16.6 Å². The Morgan fingerprint density at radius 2 is 1.67 bits per heavy atom. The number of halogens is 5. The molecule has 4 aromatic heterocycles. The zero-order valence-electron chi connectivity index (χ0n) is 19.3. The summed E-state index contributed by atoms with van der Waals surface area (Å²) in [7, 11) is 0. The number of imidazole rings is 2. The van der Waals surface area contributed by atoms with E-state index in [9.17, 15) is 27.2 Å². The predicted octanol–water partition coefficient (Wildman–Crippen LogP) is 5.41. The molecule has 0 radical (unpaired) electrons. The summed E-state index contributed by atoms with van der Waals surface area (Å²) in [4.78, 5) is 38.5. The number of para-hydroxylation sites is 1. The molecule has 0 aliphatic heterocycles. The quantitative estimate of drug-likeness (QED) is 0.235. The van der Waals surface area contributed by atoms with Crippen LogP contribution in [0.4, 0.5) is 29.2 Å². The molecule has 0 fully saturated rings. The summed E-state index contributed by atoms with van der Waals surface area (Å²) < 4.78 is 59.4. The van der Waals surface area contributed by atoms with Crippen LogP contribution in [0.25, 0.3) is 33.7 Å². The Morgan fingerprint density at radius 3 is 2.44 bits per heavy atom. The van der Waals surface area contributed by atoms with Crippen molar-refractivity contribution in [3.8, 4) is 11.4 Å². The number of alkyl halides is 3. The highest BCUT2D eigenvalue weighted by Crippen LogP contribution is 2.38. The molecule has 196 valence electrons. The molecule has 39 heavy (non-hydrogen) atoms. The highest BCUT2D eigenvalue weighted by molar-refractivity contribution is 9.10. The number of fused-ring (bicyclic) bond motifs is 2. The third-order valence-corrected chi connectivity index (χ3v) is 6.43. The molecule has 3 N–H and O–H groups in total. The first-order valence-corrected chi connectivity index (χ1v) is 12.0. The lowest BCUT2D eigenvalue weighted by atomic mass is 10.1. The molecule has 0 aliphatic carbocycles. The maximum absolute atomic E-state index is 14.5. The Morgan fingerprint density at radius 1 is 0.897 bits per heavy atom. The predicted molar refractivity (Wildman–Crippen MR) is 139 cm³/mol. The number of hydrogen-bond donors (Lipinski definition) is 3. The fraction of sp³-hybridized carbons (Fsp3) is 0.0400. The van der Waals surface area contributed by atoms with Crippen molar-refractivity contribution in [2.45, 2.75) is 6.18 Å². The van der Waals surface area contributed by atoms with Crippen LogP contribution in [0, 0.1) is 5.82 Å². The lowest BCUT2D eigenvalue weighted by Crippen LogP contribution is -2.14. The fourth-order valence-electron chi connectivity index (χ4n) is 4.30. The van der Waals surface area contributed by atoms with E-state index < -0.39 is 28.7 Å². The topological polar surface area (TPSA) is 113 Å². The number of nitrogens with one attached hydrogen (secondary N) is 3. The van der Waals surface area contributed by atoms with Gasteiger partial charge in [-0.3, -0.25) is 18.7 Å². The second-order valence-corrected chi connectivity index (χ2v) is 9.34. The third kappa shape index (κ3) is 4.27. The van der Waals surface area contributed by atoms with Gasteiger partial charge in [-0.1, -0.05) is 28.1 Å². The highest BCUT2D eigenvalue weighted by Gasteiger charge is 2.35. The zero-order valence-corrected chi connectivity index (χ0v) is 20.9. The van der Waals surface area contributed by atoms with E-state index in [1.807, 2.05) is 0 Å². The second-order valence-electron chi connectivity index (χ2n) is 8.42. The van der Waals surface area contributed by atoms with Crippen LogP contribution in [0.2, 0.25) is 0 Å². The van der Waals surface area contributed by atoms with Crippen LogP contribution in [0.3, 0.4) is 0 Å². The summed E-state index contributed by atoms with van der Waals surface area (Å²) in [5.41, 5.74) is -1.72. The van der Waals surface area contributed by atoms with Gasteiger partial charge in [0.1, 0.15) is 34.5 Å². The molecule has 0 spiro atoms. The molecule has 0 unspecified atom stereocenters. The van der Waals surface area contributed by atoms with Gasteiger partial charge in [-0.25, -0.2) is 14.4 Å². The number of aromatic nitrogens is 6. The number of rotatable bonds is 4. The van der Waals surface area contributed by atoms with Crippen molar-refractivity contribution in [1.82, 2.24) is 29.1 Å². The Hall–Kier alpha value is -4.72. The van der Waals surface area contributed by atoms with Crippen molar-refractivity contribution in [2.75, 3.05) is 5.32 Å². The third-order valence-electron chi connectivity index (χ3n) is 5.94. The number of pyridine rings is 2. The first-order valence-electron chi connectivity index (χ1n) is 11.2. The van der Waals surface area contributed by atoms with Gasteiger partial charge in [-0.2, -0.15) is 13.2 Å². The van der Waals surface area contributed by atoms with Gasteiger partial charge in [0.2, 0.25) is 11.5 Å². The number of hydrogen-bond acceptors (Lipinski definition) is 5. The van der Waals surface area contributed by atoms with Gasteiger partial charge < -0.3 is 15.3 Å². The van der Waals surface area contributed by atoms with Gasteiger partial charge in [-0.05, 0) is 36.4 Å². The van der Waals surface area contributed by atoms with Crippen molar-refractivity contribution < 1.29 is 17.6 Å². The van der Waals surface area contributed by atoms with Gasteiger partial charge in [0.05, 0.1) is 22.6 Å². The summed E-state index contributed by atoms with van der Waals surface area (Å²) in [5.74, 6) is -0.691. The molecular formula is C25H14BrF4N7O2. The molecule has 2 aromatic carbocycles. The van der Waals surface area contributed by atoms with Crippen LogP contribution in [-0.4, -0.2) is 29.1 Å². The van der Waals surface area contributed by atoms with Gasteiger partial charge in [0.15, 0.2) is 0 Å². The molecule has 6 aromatic rings. The SMILES string of the molecule is O=c1cc(Nc2nc3ccc(=O)[nH]c3n2-c2ccc(Br)cc2C(F)(F)F)c2ncn(-c3ccccc3F)c2[nH]1. The Balaban J connectivity index is 1.59. The standard InChI is InChI=1S/C25H14BrF4N7O2/c26-12-5-7-17(13(9-12)25(28,29)30)37-22-15(6-8-19(38)34-22)32-24(37)33-16-10-20(39)35-23-21(16)31-11-36(23)18-4-2-1-3-14(18)27/h1-11H,(H,34,38)(H2,32,33,35,39). The summed E-state index contributed by atoms with van der Waals surface area (Å²) >= 11 is 3.07. The minimum Gasteiger partial charge on any atom is -0.323 e. The molecule has 0 atom stereocenters. The molecule has 9 nitrogen and oxygen atoms in total. The lowest BCUT2D eigenvalue weighted by Gasteiger charge is -2.17. The number of anilines is 2. The maximum Gasteiger partial charge on any atom is 0.418 e. The largest absolute Gasteiger partial charge is 0.418 e. The maximum atomic E-state index is 14.5. The molecule has 0 aliphatic rings. The van der Waals surface area contributed by atoms with Crippen LogP contribution < -0.4 is 16.4 Å². The Bertz CT molecular complexity index is 2020. The van der Waals surface area contributed by atoms with Gasteiger partial charge in [-0.15, -0.1) is 0 Å². The lowest BCUT2D eigenvalue weighted by molar-refractivity contribution is -0.137. The van der Waals surface area contributed by atoms with Gasteiger partial charge >= 0.3 is 6.18 Å². The number of aromatic amines is 2. The van der Waals surface area contributed by atoms with E-state index in [1.165, 1.54) is 53.4 Å². The molecule has 0 saturated heterocycles. The van der Waals surface area contributed by atoms with E-state index >= 15 is 0 Å². The van der Waals surface area contributed by atoms with Crippen molar-refractivity contribution in [3.05, 3.63) is 104 Å². The van der Waals surface area contributed by atoms with Crippen molar-refractivity contribution >= 4 is 49.9 Å². The van der Waals surface area contributed by atoms with Crippen molar-refractivity contribution in [3.63, 3.8) is 0 Å². The summed E-state index contributed by atoms with van der Waals surface area (Å²) in [6.45, 7) is 0. The molecule has 6 rings (SSSR count). The molecular weight excluding hydrogens is 586 g/mol. The number of nitrogens with zero attached hydrogens (tertiary/aromatic N) is 4. The van der Waals surface area contributed by atoms with E-state index in [4.69, 9.17) is 0 Å². The summed E-state index contributed by atoms with van der Waals surface area (Å²) in [6.07, 6.45) is -3.45. The minimum atomic E-state index is -4.75. The van der Waals surface area contributed by atoms with Gasteiger partial charge in [0.25, 0.3) is 5.56 Å². The summed E-state index contributed by atoms with van der Waals surface area (Å²) in [5, 5.41) is 2.90. The van der Waals surface area contributed by atoms with Crippen LogP contribution in [-0.2, 0) is 6.18 Å². The molecule has 14 heteroatoms. The smallest absolute Gasteiger partial charge is 0.323 e. The first-order chi connectivity index (χ1) is 18.6. The van der Waals surface area contributed by atoms with E-state index in [0.717, 1.165) is 16.7 Å². The van der Waals surface area contributed by atoms with E-state index in [1.54, 1.807) is 6.07 Å². The molecule has 0 saturated carbocycles. The van der Waals surface area contributed by atoms with E-state index in [0.29, 0.717) is 0 Å².